The molecule has 0 saturated heterocycles. The van der Waals surface area contributed by atoms with E-state index in [0.29, 0.717) is 34.2 Å². The zero-order valence-corrected chi connectivity index (χ0v) is 21.1. The van der Waals surface area contributed by atoms with Gasteiger partial charge in [0.1, 0.15) is 17.9 Å². The number of amides is 1. The molecule has 10 heteroatoms. The average molecular weight is 552 g/mol. The molecule has 1 atom stereocenters. The maximum absolute atomic E-state index is 13.3. The van der Waals surface area contributed by atoms with Crippen LogP contribution < -0.4 is 4.74 Å². The van der Waals surface area contributed by atoms with E-state index in [2.05, 4.69) is 0 Å². The average Bonchev–Trinajstić information content (AvgIpc) is 3.15. The molecule has 1 aliphatic rings. The third-order valence-electron chi connectivity index (χ3n) is 6.09. The summed E-state index contributed by atoms with van der Waals surface area (Å²) in [6.45, 7) is 1.15. The molecule has 1 amide bonds. The molecule has 0 bridgehead atoms. The van der Waals surface area contributed by atoms with E-state index in [-0.39, 0.29) is 12.1 Å². The number of halogens is 5. The number of carbonyl (C=O) groups excluding carboxylic acids is 1. The van der Waals surface area contributed by atoms with Gasteiger partial charge in [-0.2, -0.15) is 13.2 Å². The largest absolute Gasteiger partial charge is 0.487 e. The molecule has 0 unspecified atom stereocenters. The van der Waals surface area contributed by atoms with Gasteiger partial charge in [-0.3, -0.25) is 9.59 Å². The number of carboxylic acid groups (broad SMARTS) is 1. The highest BCUT2D eigenvalue weighted by molar-refractivity contribution is 6.42. The van der Waals surface area contributed by atoms with Crippen LogP contribution in [0.1, 0.15) is 39.5 Å². The Morgan fingerprint density at radius 3 is 2.43 bits per heavy atom. The molecule has 0 aromatic heterocycles. The summed E-state index contributed by atoms with van der Waals surface area (Å²) in [5.41, 5.74) is 0.757. The van der Waals surface area contributed by atoms with Crippen molar-refractivity contribution in [2.75, 3.05) is 6.54 Å². The lowest BCUT2D eigenvalue weighted by Crippen LogP contribution is -2.35. The van der Waals surface area contributed by atoms with Crippen LogP contribution in [-0.2, 0) is 30.4 Å². The number of rotatable bonds is 7. The fraction of sp³-hybridized carbons (Fsp3) is 0.259. The first-order chi connectivity index (χ1) is 17.3. The minimum absolute atomic E-state index is 0.165. The Morgan fingerprint density at radius 1 is 1.08 bits per heavy atom. The molecular weight excluding hydrogens is 530 g/mol. The smallest absolute Gasteiger partial charge is 0.416 e. The van der Waals surface area contributed by atoms with Crippen LogP contribution in [0.2, 0.25) is 10.0 Å². The molecule has 0 radical (unpaired) electrons. The maximum Gasteiger partial charge on any atom is 0.416 e. The van der Waals surface area contributed by atoms with Crippen molar-refractivity contribution >= 4 is 35.1 Å². The number of nitrogens with zero attached hydrogens (tertiary/aromatic N) is 1. The molecule has 0 fully saturated rings. The minimum Gasteiger partial charge on any atom is -0.487 e. The molecule has 5 nitrogen and oxygen atoms in total. The topological polar surface area (TPSA) is 66.8 Å². The van der Waals surface area contributed by atoms with Gasteiger partial charge in [-0.1, -0.05) is 47.5 Å². The van der Waals surface area contributed by atoms with Gasteiger partial charge in [0.15, 0.2) is 0 Å². The van der Waals surface area contributed by atoms with Gasteiger partial charge >= 0.3 is 12.1 Å². The Kier molecular flexibility index (Phi) is 7.44. The van der Waals surface area contributed by atoms with E-state index >= 15 is 0 Å². The van der Waals surface area contributed by atoms with E-state index in [1.165, 1.54) is 12.1 Å². The Balaban J connectivity index is 1.53. The minimum atomic E-state index is -4.49. The second-order valence-corrected chi connectivity index (χ2v) is 9.98. The summed E-state index contributed by atoms with van der Waals surface area (Å²) in [5.74, 6) is -1.20. The molecule has 1 N–H and O–H groups in total. The van der Waals surface area contributed by atoms with Crippen LogP contribution in [0.3, 0.4) is 0 Å². The van der Waals surface area contributed by atoms with Gasteiger partial charge in [0, 0.05) is 24.9 Å². The highest BCUT2D eigenvalue weighted by Gasteiger charge is 2.36. The zero-order valence-electron chi connectivity index (χ0n) is 19.6. The van der Waals surface area contributed by atoms with Gasteiger partial charge in [0.25, 0.3) is 5.91 Å². The summed E-state index contributed by atoms with van der Waals surface area (Å²) in [5, 5.41) is 10.2. The first-order valence-corrected chi connectivity index (χ1v) is 12.0. The van der Waals surface area contributed by atoms with Crippen molar-refractivity contribution in [1.82, 2.24) is 4.90 Å². The van der Waals surface area contributed by atoms with Crippen molar-refractivity contribution in [2.24, 2.45) is 0 Å². The van der Waals surface area contributed by atoms with Crippen molar-refractivity contribution in [3.05, 3.63) is 98.5 Å². The highest BCUT2D eigenvalue weighted by atomic mass is 35.5. The fourth-order valence-electron chi connectivity index (χ4n) is 4.41. The molecule has 4 rings (SSSR count). The number of fused-ring (bicyclic) bond motifs is 1. The molecule has 37 heavy (non-hydrogen) atoms. The molecule has 0 spiro atoms. The van der Waals surface area contributed by atoms with Gasteiger partial charge in [0.05, 0.1) is 15.6 Å². The van der Waals surface area contributed by atoms with E-state index in [4.69, 9.17) is 27.9 Å². The van der Waals surface area contributed by atoms with Gasteiger partial charge in [-0.05, 0) is 60.0 Å². The van der Waals surface area contributed by atoms with Crippen LogP contribution in [0.5, 0.6) is 5.75 Å². The lowest BCUT2D eigenvalue weighted by atomic mass is 9.91. The lowest BCUT2D eigenvalue weighted by Gasteiger charge is -2.24. The van der Waals surface area contributed by atoms with Crippen molar-refractivity contribution in [3.8, 4) is 5.75 Å². The van der Waals surface area contributed by atoms with Gasteiger partial charge in [-0.25, -0.2) is 0 Å². The predicted octanol–water partition coefficient (Wildman–Crippen LogP) is 6.68. The number of hydrogen-bond acceptors (Lipinski definition) is 3. The predicted molar refractivity (Wildman–Crippen MR) is 133 cm³/mol. The molecule has 3 aromatic carbocycles. The fourth-order valence-corrected chi connectivity index (χ4v) is 4.79. The third-order valence-corrected chi connectivity index (χ3v) is 6.95. The van der Waals surface area contributed by atoms with Gasteiger partial charge < -0.3 is 14.7 Å². The Morgan fingerprint density at radius 2 is 1.78 bits per heavy atom. The number of carboxylic acids is 1. The van der Waals surface area contributed by atoms with Crippen LogP contribution in [0.4, 0.5) is 13.2 Å². The zero-order chi connectivity index (χ0) is 27.0. The van der Waals surface area contributed by atoms with Crippen molar-refractivity contribution in [2.45, 2.75) is 38.1 Å². The van der Waals surface area contributed by atoms with Crippen LogP contribution >= 0.6 is 23.2 Å². The summed E-state index contributed by atoms with van der Waals surface area (Å²) < 4.78 is 44.8. The van der Waals surface area contributed by atoms with Crippen LogP contribution in [0, 0.1) is 0 Å². The molecular formula is C27H22Cl2F3NO4. The van der Waals surface area contributed by atoms with Crippen LogP contribution in [0.25, 0.3) is 0 Å². The number of ether oxygens (including phenoxy) is 1. The normalized spacial score (nSPS) is 16.7. The highest BCUT2D eigenvalue weighted by Crippen LogP contribution is 2.39. The van der Waals surface area contributed by atoms with Gasteiger partial charge in [0.2, 0.25) is 0 Å². The second kappa shape index (κ2) is 10.3. The van der Waals surface area contributed by atoms with E-state index in [1.54, 1.807) is 30.3 Å². The monoisotopic (exact) mass is 551 g/mol. The number of hydrogen-bond donors (Lipinski definition) is 1. The molecule has 0 aliphatic carbocycles. The number of aliphatic carboxylic acids is 1. The molecule has 0 saturated carbocycles. The molecule has 3 aromatic rings. The maximum atomic E-state index is 13.3. The van der Waals surface area contributed by atoms with E-state index in [0.717, 1.165) is 28.2 Å². The number of benzene rings is 3. The summed E-state index contributed by atoms with van der Waals surface area (Å²) in [7, 11) is 0. The molecule has 194 valence electrons. The van der Waals surface area contributed by atoms with E-state index in [1.807, 2.05) is 13.0 Å². The summed E-state index contributed by atoms with van der Waals surface area (Å²) >= 11 is 12.5. The Hall–Kier alpha value is -3.23. The summed E-state index contributed by atoms with van der Waals surface area (Å²) in [6, 6.07) is 14.5. The molecule has 1 heterocycles. The first kappa shape index (κ1) is 26.8. The second-order valence-electron chi connectivity index (χ2n) is 9.19. The SMILES string of the molecule is C[C@]1(Cc2cccc(Cl)c2Cl)Cc2cc(C(=O)N(CC(=O)O)Cc3ccc(C(F)(F)F)cc3)ccc2O1. The molecule has 1 aliphatic heterocycles. The standard InChI is InChI=1S/C27H22Cl2F3NO4/c1-26(12-18-3-2-4-21(28)24(18)29)13-19-11-17(7-10-22(19)37-26)25(36)33(15-23(34)35)14-16-5-8-20(9-6-16)27(30,31)32/h2-11H,12-15H2,1H3,(H,34,35)/t26-/m0/s1. The van der Waals surface area contributed by atoms with Crippen molar-refractivity contribution in [3.63, 3.8) is 0 Å². The first-order valence-electron chi connectivity index (χ1n) is 11.3. The quantitative estimate of drug-likeness (QED) is 0.356. The van der Waals surface area contributed by atoms with Gasteiger partial charge in [-0.15, -0.1) is 0 Å². The van der Waals surface area contributed by atoms with Crippen molar-refractivity contribution in [1.29, 1.82) is 0 Å². The van der Waals surface area contributed by atoms with Crippen molar-refractivity contribution < 1.29 is 32.6 Å². The summed E-state index contributed by atoms with van der Waals surface area (Å²) in [4.78, 5) is 25.8. The third kappa shape index (κ3) is 6.19. The number of alkyl halides is 3. The lowest BCUT2D eigenvalue weighted by molar-refractivity contribution is -0.138. The number of carbonyl (C=O) groups is 2. The summed E-state index contributed by atoms with van der Waals surface area (Å²) in [6.07, 6.45) is -3.54. The van der Waals surface area contributed by atoms with E-state index < -0.39 is 35.8 Å². The Labute approximate surface area is 221 Å². The van der Waals surface area contributed by atoms with Crippen LogP contribution in [0.15, 0.2) is 60.7 Å². The van der Waals surface area contributed by atoms with Crippen LogP contribution in [-0.4, -0.2) is 34.0 Å². The van der Waals surface area contributed by atoms with E-state index in [9.17, 15) is 27.9 Å². The Bertz CT molecular complexity index is 1340.